The molecule has 0 spiro atoms. The molecule has 2 aromatic rings. The molecule has 0 aromatic heterocycles. The fraction of sp³-hybridized carbons (Fsp3) is 0.222. The molecule has 0 aliphatic heterocycles. The Morgan fingerprint density at radius 3 is 2.22 bits per heavy atom. The Hall–Kier alpha value is -2.42. The fourth-order valence-electron chi connectivity index (χ4n) is 2.22. The minimum atomic E-state index is -3.80. The number of hydrogen-bond acceptors (Lipinski definition) is 4. The number of hydrazine groups is 1. The highest BCUT2D eigenvalue weighted by atomic mass is 35.5. The Kier molecular flexibility index (Phi) is 6.95. The van der Waals surface area contributed by atoms with Crippen molar-refractivity contribution in [1.82, 2.24) is 15.2 Å². The van der Waals surface area contributed by atoms with Crippen molar-refractivity contribution in [1.29, 1.82) is 0 Å². The molecule has 27 heavy (non-hydrogen) atoms. The molecule has 0 radical (unpaired) electrons. The first-order valence-electron chi connectivity index (χ1n) is 8.04. The van der Waals surface area contributed by atoms with E-state index in [4.69, 9.17) is 11.6 Å². The van der Waals surface area contributed by atoms with Crippen LogP contribution in [0.3, 0.4) is 0 Å². The summed E-state index contributed by atoms with van der Waals surface area (Å²) in [6, 6.07) is 13.2. The second kappa shape index (κ2) is 8.98. The molecule has 0 fully saturated rings. The van der Waals surface area contributed by atoms with Gasteiger partial charge < -0.3 is 0 Å². The number of carbonyl (C=O) groups is 2. The summed E-state index contributed by atoms with van der Waals surface area (Å²) >= 11 is 5.98. The summed E-state index contributed by atoms with van der Waals surface area (Å²) < 4.78 is 25.8. The van der Waals surface area contributed by atoms with Crippen molar-refractivity contribution in [3.05, 3.63) is 64.7 Å². The van der Waals surface area contributed by atoms with Crippen LogP contribution < -0.4 is 10.9 Å². The van der Waals surface area contributed by atoms with E-state index in [0.717, 1.165) is 9.87 Å². The van der Waals surface area contributed by atoms with Gasteiger partial charge in [0.15, 0.2) is 0 Å². The molecule has 2 rings (SSSR count). The predicted molar refractivity (Wildman–Crippen MR) is 102 cm³/mol. The molecule has 0 saturated carbocycles. The molecule has 0 bridgehead atoms. The van der Waals surface area contributed by atoms with E-state index in [0.29, 0.717) is 10.6 Å². The number of likely N-dealkylation sites (N-methyl/N-ethyl adjacent to an activating group) is 1. The van der Waals surface area contributed by atoms with Gasteiger partial charge in [-0.15, -0.1) is 0 Å². The average Bonchev–Trinajstić information content (AvgIpc) is 2.62. The van der Waals surface area contributed by atoms with Crippen LogP contribution in [0.1, 0.15) is 11.1 Å². The zero-order valence-electron chi connectivity index (χ0n) is 14.9. The van der Waals surface area contributed by atoms with Gasteiger partial charge in [0, 0.05) is 12.1 Å². The molecule has 0 saturated heterocycles. The molecule has 9 heteroatoms. The number of benzene rings is 2. The summed E-state index contributed by atoms with van der Waals surface area (Å²) in [6.45, 7) is 1.40. The minimum absolute atomic E-state index is 0.0164. The van der Waals surface area contributed by atoms with Gasteiger partial charge in [-0.05, 0) is 30.7 Å². The highest BCUT2D eigenvalue weighted by Crippen LogP contribution is 2.15. The fourth-order valence-corrected chi connectivity index (χ4v) is 3.54. The van der Waals surface area contributed by atoms with Gasteiger partial charge in [0.1, 0.15) is 0 Å². The molecular formula is C18H20ClN3O4S. The third-order valence-electron chi connectivity index (χ3n) is 3.75. The maximum absolute atomic E-state index is 12.4. The maximum atomic E-state index is 12.4. The quantitative estimate of drug-likeness (QED) is 0.709. The lowest BCUT2D eigenvalue weighted by molar-refractivity contribution is -0.128. The summed E-state index contributed by atoms with van der Waals surface area (Å²) in [5.74, 6) is -1.14. The largest absolute Gasteiger partial charge is 0.273 e. The van der Waals surface area contributed by atoms with Gasteiger partial charge in [-0.2, -0.15) is 4.31 Å². The first-order chi connectivity index (χ1) is 12.7. The van der Waals surface area contributed by atoms with Gasteiger partial charge >= 0.3 is 0 Å². The van der Waals surface area contributed by atoms with Crippen molar-refractivity contribution in [2.45, 2.75) is 18.2 Å². The van der Waals surface area contributed by atoms with Gasteiger partial charge in [-0.1, -0.05) is 47.5 Å². The molecule has 0 unspecified atom stereocenters. The average molecular weight is 410 g/mol. The molecule has 0 atom stereocenters. The van der Waals surface area contributed by atoms with Crippen LogP contribution in [-0.4, -0.2) is 38.1 Å². The Morgan fingerprint density at radius 2 is 1.59 bits per heavy atom. The third-order valence-corrected chi connectivity index (χ3v) is 5.93. The zero-order valence-corrected chi connectivity index (χ0v) is 16.5. The molecule has 144 valence electrons. The van der Waals surface area contributed by atoms with Crippen molar-refractivity contribution in [3.8, 4) is 0 Å². The molecule has 0 aliphatic carbocycles. The number of halogens is 1. The lowest BCUT2D eigenvalue weighted by Crippen LogP contribution is -2.47. The maximum Gasteiger partial charge on any atom is 0.253 e. The predicted octanol–water partition coefficient (Wildman–Crippen LogP) is 1.66. The van der Waals surface area contributed by atoms with E-state index in [9.17, 15) is 18.0 Å². The van der Waals surface area contributed by atoms with Crippen LogP contribution in [0.4, 0.5) is 0 Å². The Balaban J connectivity index is 1.88. The van der Waals surface area contributed by atoms with Crippen molar-refractivity contribution in [3.63, 3.8) is 0 Å². The number of carbonyl (C=O) groups excluding carboxylic acids is 2. The number of nitrogens with one attached hydrogen (secondary N) is 2. The topological polar surface area (TPSA) is 95.6 Å². The first kappa shape index (κ1) is 20.9. The Bertz CT molecular complexity index is 930. The van der Waals surface area contributed by atoms with Crippen LogP contribution in [-0.2, 0) is 26.0 Å². The first-order valence-corrected chi connectivity index (χ1v) is 9.86. The van der Waals surface area contributed by atoms with Gasteiger partial charge in [-0.25, -0.2) is 8.42 Å². The van der Waals surface area contributed by atoms with Crippen molar-refractivity contribution in [2.75, 3.05) is 13.6 Å². The van der Waals surface area contributed by atoms with E-state index in [2.05, 4.69) is 10.9 Å². The van der Waals surface area contributed by atoms with Crippen molar-refractivity contribution >= 4 is 33.4 Å². The van der Waals surface area contributed by atoms with Crippen LogP contribution in [0.25, 0.3) is 0 Å². The minimum Gasteiger partial charge on any atom is -0.273 e. The van der Waals surface area contributed by atoms with Crippen LogP contribution in [0, 0.1) is 6.92 Å². The van der Waals surface area contributed by atoms with Crippen molar-refractivity contribution < 1.29 is 18.0 Å². The number of nitrogens with zero attached hydrogens (tertiary/aromatic N) is 1. The summed E-state index contributed by atoms with van der Waals surface area (Å²) in [6.07, 6.45) is -0.0164. The van der Waals surface area contributed by atoms with E-state index < -0.39 is 28.4 Å². The van der Waals surface area contributed by atoms with Crippen LogP contribution in [0.2, 0.25) is 5.02 Å². The lowest BCUT2D eigenvalue weighted by Gasteiger charge is -2.17. The molecular weight excluding hydrogens is 390 g/mol. The van der Waals surface area contributed by atoms with E-state index in [-0.39, 0.29) is 11.3 Å². The molecule has 0 heterocycles. The third kappa shape index (κ3) is 5.78. The standard InChI is InChI=1S/C18H20ClN3O4S/c1-13-7-9-15(10-8-13)27(25,26)22(2)12-18(24)21-20-17(23)11-14-5-3-4-6-16(14)19/h3-10H,11-12H2,1-2H3,(H,20,23)(H,21,24). The number of amides is 2. The molecule has 0 aliphatic rings. The van der Waals surface area contributed by atoms with E-state index >= 15 is 0 Å². The number of hydrogen-bond donors (Lipinski definition) is 2. The molecule has 2 amide bonds. The highest BCUT2D eigenvalue weighted by Gasteiger charge is 2.23. The van der Waals surface area contributed by atoms with E-state index in [1.165, 1.54) is 19.2 Å². The molecule has 2 aromatic carbocycles. The summed E-state index contributed by atoms with van der Waals surface area (Å²) in [7, 11) is -2.51. The second-order valence-electron chi connectivity index (χ2n) is 5.94. The van der Waals surface area contributed by atoms with E-state index in [1.54, 1.807) is 36.4 Å². The molecule has 7 nitrogen and oxygen atoms in total. The van der Waals surface area contributed by atoms with Crippen LogP contribution >= 0.6 is 11.6 Å². The van der Waals surface area contributed by atoms with Gasteiger partial charge in [-0.3, -0.25) is 20.4 Å². The number of rotatable bonds is 6. The lowest BCUT2D eigenvalue weighted by atomic mass is 10.1. The number of aryl methyl sites for hydroxylation is 1. The second-order valence-corrected chi connectivity index (χ2v) is 8.39. The van der Waals surface area contributed by atoms with Gasteiger partial charge in [0.05, 0.1) is 17.9 Å². The van der Waals surface area contributed by atoms with Gasteiger partial charge in [0.2, 0.25) is 15.9 Å². The van der Waals surface area contributed by atoms with E-state index in [1.807, 2.05) is 6.92 Å². The monoisotopic (exact) mass is 409 g/mol. The Labute approximate surface area is 163 Å². The van der Waals surface area contributed by atoms with Crippen LogP contribution in [0.5, 0.6) is 0 Å². The van der Waals surface area contributed by atoms with Gasteiger partial charge in [0.25, 0.3) is 5.91 Å². The Morgan fingerprint density at radius 1 is 1.00 bits per heavy atom. The number of sulfonamides is 1. The zero-order chi connectivity index (χ0) is 20.0. The normalized spacial score (nSPS) is 11.3. The smallest absolute Gasteiger partial charge is 0.253 e. The van der Waals surface area contributed by atoms with Crippen molar-refractivity contribution in [2.24, 2.45) is 0 Å². The summed E-state index contributed by atoms with van der Waals surface area (Å²) in [4.78, 5) is 23.9. The summed E-state index contributed by atoms with van der Waals surface area (Å²) in [5, 5.41) is 0.447. The van der Waals surface area contributed by atoms with Crippen LogP contribution in [0.15, 0.2) is 53.4 Å². The highest BCUT2D eigenvalue weighted by molar-refractivity contribution is 7.89. The SMILES string of the molecule is Cc1ccc(S(=O)(=O)N(C)CC(=O)NNC(=O)Cc2ccccc2Cl)cc1. The summed E-state index contributed by atoms with van der Waals surface area (Å²) in [5.41, 5.74) is 5.98. The molecule has 2 N–H and O–H groups in total.